The molecule has 8 aromatic rings. The van der Waals surface area contributed by atoms with Gasteiger partial charge in [0.2, 0.25) is 11.8 Å². The number of H-pyrrole nitrogens is 4. The van der Waals surface area contributed by atoms with Crippen molar-refractivity contribution in [3.63, 3.8) is 0 Å². The summed E-state index contributed by atoms with van der Waals surface area (Å²) in [5, 5.41) is 52.2. The molecular formula is C74H104FN19O37P6SY6. The number of hydrogen-bond donors (Lipinski definition) is 13. The number of imidazole rings is 2. The molecule has 0 spiro atoms. The third-order valence-corrected chi connectivity index (χ3v) is 30.4. The molecule has 70 heteroatoms. The van der Waals surface area contributed by atoms with Crippen molar-refractivity contribution < 1.29 is 338 Å². The van der Waals surface area contributed by atoms with Crippen LogP contribution < -0.4 is 62.2 Å². The van der Waals surface area contributed by atoms with Crippen LogP contribution in [0.25, 0.3) is 22.3 Å². The number of nitrogen functional groups attached to an aromatic ring is 3. The Morgan fingerprint density at radius 2 is 0.799 bits per heavy atom. The summed E-state index contributed by atoms with van der Waals surface area (Å²) in [6.45, 7) is 19.3. The van der Waals surface area contributed by atoms with E-state index >= 15 is 0 Å². The number of aromatic amines is 4. The Morgan fingerprint density at radius 1 is 0.438 bits per heavy atom. The van der Waals surface area contributed by atoms with Gasteiger partial charge in [-0.15, -0.1) is 0 Å². The first kappa shape index (κ1) is 126. The van der Waals surface area contributed by atoms with Crippen molar-refractivity contribution in [3.05, 3.63) is 151 Å². The average Bonchev–Trinajstić information content (AvgIpc) is 1.58. The normalized spacial score (nSPS) is 33.8. The molecule has 20 rings (SSSR count). The third-order valence-electron chi connectivity index (χ3n) is 25.6. The predicted molar refractivity (Wildman–Crippen MR) is 480 cm³/mol. The number of nitrogens with two attached hydrogens (primary N) is 3. The largest absolute Gasteiger partial charge is 0.387 e. The molecule has 15 N–H and O–H groups in total. The van der Waals surface area contributed by atoms with Crippen LogP contribution in [0.3, 0.4) is 0 Å². The van der Waals surface area contributed by atoms with Crippen LogP contribution in [0.4, 0.5) is 22.0 Å². The van der Waals surface area contributed by atoms with Crippen LogP contribution in [0.5, 0.6) is 0 Å². The number of fused-ring (bicyclic) bond motifs is 14. The fraction of sp³-hybridized carbons (Fsp3) is 0.649. The van der Waals surface area contributed by atoms with E-state index in [1.54, 1.807) is 52.4 Å². The van der Waals surface area contributed by atoms with E-state index in [1.807, 2.05) is 4.98 Å². The van der Waals surface area contributed by atoms with Crippen LogP contribution in [0.1, 0.15) is 77.5 Å². The summed E-state index contributed by atoms with van der Waals surface area (Å²) < 4.78 is 190. The second kappa shape index (κ2) is 50.8. The summed E-state index contributed by atoms with van der Waals surface area (Å²) in [5.41, 5.74) is 6.44. The van der Waals surface area contributed by atoms with Crippen molar-refractivity contribution in [2.24, 2.45) is 0 Å². The molecule has 0 saturated carbocycles. The molecule has 0 aromatic carbocycles. The van der Waals surface area contributed by atoms with Crippen LogP contribution >= 0.6 is 60.8 Å². The van der Waals surface area contributed by atoms with Crippen LogP contribution in [0, 0.1) is 12.7 Å². The van der Waals surface area contributed by atoms with Crippen molar-refractivity contribution in [2.75, 3.05) is 103 Å². The van der Waals surface area contributed by atoms with Gasteiger partial charge in [-0.3, -0.25) is 93.9 Å². The smallest absolute Gasteiger partial charge is 0.351 e. The summed E-state index contributed by atoms with van der Waals surface area (Å²) in [5.74, 6) is -0.813. The standard InChI is InChI=1S/C13H18N5O6P.C13H19N2O7P.C12H16FN2O7P.C12H16N5O4PS.C12H18N3O6P.C12H17N2O7P.6Y/c1-5(24-25(2)21)13-3-22-7(8(13)19)11(23-13)18-4-15-6-9(18)16-12(14)17-10(6)20;1-6-4-15(12(18)14-10(6)17)11-8-9(16)13(21-11,5-20-8)7(2)22-23(3)19;1-5(22-23(2)19)12-4-20-7(8(12)16)10(21-12)15-3-6(13)9(17)14-11(15)18;1-22(18)20-3-12-2-19-7(8(12)23)11(21-12)17-5-16-6-9(13)14-4-15-10(6)17;1-6(21-22(2)18)12-5-19-8(9(12)16)10(20-12)15-4-3-7(13)14-11(15)17;1-6(21-22(2)18)12-5-19-8(9(12)16)10(20-12)14-4-3-7(15)13-11(14)17;;;;;;/h4-5,7-8,11,19,25H,3H2,1-2H3,(H3,14,16,17,20);4,7-9,11,16,23H,5H2,1-3H3,(H,14,17,18);3,5,7-8,10,16,23H,4H2,1-2H3,(H,14,17,18);4-5,7-8,11,22-23H,2-3H2,1H3,(H2,13,14,15);3-4,6,8-10,16,22H,5H2,1-2H3,(H2,13,14,17);3-4,6,8-10,16,22H,5H2,1-2H3,(H,13,15,17);;;;;;/t5-,7+,8-,11+,13+;7-,8+,9-,11+,13+;5-,7+,8-,10+,12+;7-,8+,11-,12-;2*6-,8+,9-,10+,12+;;;;;;/m000100....../s1. The van der Waals surface area contributed by atoms with Gasteiger partial charge >= 0.3 is 22.8 Å². The Labute approximate surface area is 973 Å². The Hall–Kier alpha value is -1.42. The van der Waals surface area contributed by atoms with E-state index in [9.17, 15) is 95.7 Å². The zero-order valence-corrected chi connectivity index (χ0v) is 103. The number of hydrogen-bond acceptors (Lipinski definition) is 47. The number of aryl methyl sites for hydroxylation is 1. The summed E-state index contributed by atoms with van der Waals surface area (Å²) >= 11 is 4.63. The maximum absolute atomic E-state index is 13.5. The van der Waals surface area contributed by atoms with E-state index in [0.29, 0.717) is 35.3 Å². The van der Waals surface area contributed by atoms with E-state index in [2.05, 4.69) is 57.5 Å². The first-order chi connectivity index (χ1) is 65.1. The van der Waals surface area contributed by atoms with Gasteiger partial charge in [-0.25, -0.2) is 39.1 Å². The quantitative estimate of drug-likeness (QED) is 0.0209. The maximum Gasteiger partial charge on any atom is 0.351 e. The van der Waals surface area contributed by atoms with E-state index in [0.717, 1.165) is 9.13 Å². The summed E-state index contributed by atoms with van der Waals surface area (Å²) in [7, 11) is -13.3. The molecule has 144 heavy (non-hydrogen) atoms. The molecule has 12 saturated heterocycles. The molecule has 35 atom stereocenters. The Balaban J connectivity index is 0.000000191. The first-order valence-electron chi connectivity index (χ1n) is 42.6. The summed E-state index contributed by atoms with van der Waals surface area (Å²) in [6, 6.07) is 2.64. The number of aliphatic hydroxyl groups excluding tert-OH is 5. The average molecular weight is 2620 g/mol. The number of thiol groups is 1. The van der Waals surface area contributed by atoms with Gasteiger partial charge in [-0.05, 0) is 47.6 Å². The molecule has 0 aliphatic carbocycles. The number of nitrogens with zero attached hydrogens (tertiary/aromatic N) is 12. The summed E-state index contributed by atoms with van der Waals surface area (Å²) in [4.78, 5) is 126. The second-order valence-electron chi connectivity index (χ2n) is 34.3. The van der Waals surface area contributed by atoms with Gasteiger partial charge in [0.25, 0.3) is 22.2 Å². The molecule has 12 bridgehead atoms. The second-order valence-corrected chi connectivity index (χ2v) is 42.2. The molecule has 6 radical (unpaired) electrons. The van der Waals surface area contributed by atoms with Gasteiger partial charge < -0.3 is 127 Å². The van der Waals surface area contributed by atoms with Crippen molar-refractivity contribution in [2.45, 2.75) is 215 Å². The molecule has 20 heterocycles. The van der Waals surface area contributed by atoms with Crippen molar-refractivity contribution in [3.8, 4) is 0 Å². The van der Waals surface area contributed by atoms with E-state index in [4.69, 9.17) is 101 Å². The monoisotopic (exact) mass is 2620 g/mol. The minimum atomic E-state index is -2.30. The fourth-order valence-electron chi connectivity index (χ4n) is 18.5. The van der Waals surface area contributed by atoms with Gasteiger partial charge in [0.1, 0.15) is 118 Å². The Morgan fingerprint density at radius 3 is 1.21 bits per heavy atom. The Kier molecular flexibility index (Phi) is 44.5. The molecule has 778 valence electrons. The number of ether oxygens (including phenoxy) is 12. The molecule has 0 amide bonds. The summed E-state index contributed by atoms with van der Waals surface area (Å²) in [6.07, 6.45) is -8.68. The topological polar surface area (TPSA) is 754 Å². The number of anilines is 3. The minimum absolute atomic E-state index is 0. The van der Waals surface area contributed by atoms with Crippen LogP contribution in [0.15, 0.2) is 94.3 Å². The van der Waals surface area contributed by atoms with Gasteiger partial charge in [0.15, 0.2) is 108 Å². The van der Waals surface area contributed by atoms with Crippen LogP contribution in [-0.4, -0.2) is 326 Å². The molecule has 12 aliphatic rings. The predicted octanol–water partition coefficient (Wildman–Crippen LogP) is -3.25. The van der Waals surface area contributed by atoms with E-state index in [1.165, 1.54) is 97.1 Å². The fourth-order valence-corrected chi connectivity index (χ4v) is 22.9. The Bertz CT molecular complexity index is 6510. The molecule has 12 aliphatic heterocycles. The molecule has 8 aromatic heterocycles. The molecule has 56 nitrogen and oxygen atoms in total. The zero-order valence-electron chi connectivity index (χ0n) is 78.6. The first-order valence-corrected chi connectivity index (χ1v) is 54.0. The number of aliphatic hydroxyl groups is 5. The van der Waals surface area contributed by atoms with Crippen molar-refractivity contribution >= 4 is 101 Å². The van der Waals surface area contributed by atoms with Gasteiger partial charge in [-0.1, -0.05) is 0 Å². The third kappa shape index (κ3) is 24.5. The zero-order chi connectivity index (χ0) is 100. The van der Waals surface area contributed by atoms with Crippen LogP contribution in [-0.2, 0) is 308 Å². The number of aromatic nitrogens is 16. The molecular weight excluding hydrogens is 2520 g/mol. The van der Waals surface area contributed by atoms with Crippen LogP contribution in [0.2, 0.25) is 0 Å². The number of halogens is 1. The number of nitrogens with one attached hydrogen (secondary N) is 4. The van der Waals surface area contributed by atoms with Gasteiger partial charge in [-0.2, -0.15) is 27.0 Å². The van der Waals surface area contributed by atoms with Gasteiger partial charge in [0.05, 0.1) is 101 Å². The van der Waals surface area contributed by atoms with Crippen molar-refractivity contribution in [1.29, 1.82) is 0 Å². The SMILES string of the molecule is C[C@H](O[PH](C)=O)[C@@]12CO[C@@H]([C@H](n3cc(F)c(=O)[nH]c3=O)O1)[C@@H]2O.C[C@H](O[PH](C)=O)[C@@]12CO[C@@H]([C@H](n3ccc(=O)[nH]c3=O)O1)[C@@H]2O.C[C@H](O[PH](C)=O)[C@@]12CO[C@@H]([C@H](n3ccc(N)nc3=O)O1)[C@@H]2O.C[C@H](O[PH](C)=O)[C@@]12CO[C@@H]([C@H](n3cnc4c(=O)[nH]c(N)nc43)O1)[C@@H]2O.C[PH](=O)OC[C@@]12CO[C@@H]([C@H](n3cnc4c(N)ncnc43)O1)[C@@H]2S.Cc1cn([C@@H]2O[C@@]3([C@H](C)O[PH](C)=O)CO[C@@H]2[C@@H]3O)c(=O)[nH]c1=O.[Y].[Y].[Y].[Y].[Y].[Y]. The van der Waals surface area contributed by atoms with E-state index in [-0.39, 0.29) is 270 Å². The van der Waals surface area contributed by atoms with Gasteiger partial charge in [0, 0.05) is 266 Å². The molecule has 12 fully saturated rings. The maximum atomic E-state index is 13.5. The molecule has 6 unspecified atom stereocenters. The van der Waals surface area contributed by atoms with Crippen molar-refractivity contribution in [1.82, 2.24) is 77.2 Å². The minimum Gasteiger partial charge on any atom is -0.387 e. The number of rotatable bonds is 24. The van der Waals surface area contributed by atoms with E-state index < -0.39 is 262 Å².